The number of aliphatic hydroxyl groups excluding tert-OH is 5. The SMILES string of the molecule is CC/C=C/C=C/C=C/C=C/CCCCCC(=O)OC(COC(=O)CCCCCCC/C=C/CCCC)COP(=O)(O)OC1C(O)C(O)C(O)[C@@H](O)C1O. The Hall–Kier alpha value is -2.45. The van der Waals surface area contributed by atoms with Gasteiger partial charge in [-0.05, 0) is 51.4 Å². The smallest absolute Gasteiger partial charge is 0.462 e. The van der Waals surface area contributed by atoms with E-state index in [2.05, 4.69) is 32.1 Å². The largest absolute Gasteiger partial charge is 0.472 e. The van der Waals surface area contributed by atoms with Crippen LogP contribution in [-0.2, 0) is 32.7 Å². The molecular formula is C39H65O13P. The fourth-order valence-electron chi connectivity index (χ4n) is 5.28. The highest BCUT2D eigenvalue weighted by Crippen LogP contribution is 2.47. The predicted octanol–water partition coefficient (Wildman–Crippen LogP) is 5.82. The van der Waals surface area contributed by atoms with Gasteiger partial charge in [0.05, 0.1) is 6.61 Å². The van der Waals surface area contributed by atoms with Crippen molar-refractivity contribution in [3.05, 3.63) is 60.8 Å². The van der Waals surface area contributed by atoms with E-state index < -0.39 is 75.7 Å². The molecule has 0 aromatic carbocycles. The zero-order valence-corrected chi connectivity index (χ0v) is 32.4. The summed E-state index contributed by atoms with van der Waals surface area (Å²) in [6, 6.07) is 0. The molecule has 0 saturated heterocycles. The van der Waals surface area contributed by atoms with Gasteiger partial charge in [-0.25, -0.2) is 4.57 Å². The maximum absolute atomic E-state index is 12.7. The van der Waals surface area contributed by atoms with Crippen molar-refractivity contribution in [2.45, 2.75) is 159 Å². The second kappa shape index (κ2) is 29.9. The van der Waals surface area contributed by atoms with Crippen LogP contribution in [0.4, 0.5) is 0 Å². The Morgan fingerprint density at radius 2 is 1.09 bits per heavy atom. The summed E-state index contributed by atoms with van der Waals surface area (Å²) >= 11 is 0. The summed E-state index contributed by atoms with van der Waals surface area (Å²) in [5.74, 6) is -1.17. The number of hydrogen-bond donors (Lipinski definition) is 6. The van der Waals surface area contributed by atoms with E-state index in [4.69, 9.17) is 18.5 Å². The number of phosphoric ester groups is 1. The molecule has 53 heavy (non-hydrogen) atoms. The monoisotopic (exact) mass is 772 g/mol. The number of carbonyl (C=O) groups excluding carboxylic acids is 2. The van der Waals surface area contributed by atoms with Crippen molar-refractivity contribution in [1.29, 1.82) is 0 Å². The first-order chi connectivity index (χ1) is 25.4. The number of hydrogen-bond acceptors (Lipinski definition) is 12. The third-order valence-corrected chi connectivity index (χ3v) is 9.42. The van der Waals surface area contributed by atoms with Crippen molar-refractivity contribution >= 4 is 19.8 Å². The number of ether oxygens (including phenoxy) is 2. The third-order valence-electron chi connectivity index (χ3n) is 8.44. The number of allylic oxidation sites excluding steroid dienone is 10. The molecule has 0 aliphatic heterocycles. The van der Waals surface area contributed by atoms with Crippen LogP contribution in [0.5, 0.6) is 0 Å². The van der Waals surface area contributed by atoms with Gasteiger partial charge in [0, 0.05) is 12.8 Å². The second-order valence-corrected chi connectivity index (χ2v) is 14.5. The highest BCUT2D eigenvalue weighted by molar-refractivity contribution is 7.47. The standard InChI is InChI=1S/C39H65O13P/c1-3-5-7-9-11-13-15-16-18-20-22-24-26-28-33(41)51-31(29-49-32(40)27-25-23-21-19-17-14-12-10-8-6-4-2)30-50-53(47,48)52-39-37(45)35(43)34(42)36(44)38(39)46/h5,7,9-13,15-16,18,31,34-39,42-46H,3-4,6,8,14,17,19-30H2,1-2H3,(H,47,48)/b7-5+,11-9+,12-10+,15-13+,18-16+/t31?,34?,35-,36?,37?,38?,39?/m1/s1. The number of aliphatic hydroxyl groups is 5. The third kappa shape index (κ3) is 23.2. The van der Waals surface area contributed by atoms with E-state index in [0.717, 1.165) is 64.2 Å². The van der Waals surface area contributed by atoms with Crippen LogP contribution < -0.4 is 0 Å². The Bertz CT molecular complexity index is 1170. The van der Waals surface area contributed by atoms with Crippen LogP contribution in [-0.4, -0.2) is 98.3 Å². The molecule has 1 fully saturated rings. The van der Waals surface area contributed by atoms with Crippen LogP contribution >= 0.6 is 7.82 Å². The molecule has 0 radical (unpaired) electrons. The molecule has 13 nitrogen and oxygen atoms in total. The minimum atomic E-state index is -5.12. The first-order valence-corrected chi connectivity index (χ1v) is 20.6. The fourth-order valence-corrected chi connectivity index (χ4v) is 6.25. The molecule has 8 atom stereocenters. The lowest BCUT2D eigenvalue weighted by Crippen LogP contribution is -2.64. The Balaban J connectivity index is 2.60. The van der Waals surface area contributed by atoms with Gasteiger partial charge in [-0.1, -0.05) is 113 Å². The molecule has 0 heterocycles. The molecule has 1 aliphatic rings. The van der Waals surface area contributed by atoms with E-state index in [1.807, 2.05) is 42.5 Å². The van der Waals surface area contributed by atoms with Crippen LogP contribution in [0, 0.1) is 0 Å². The van der Waals surface area contributed by atoms with Crippen LogP contribution in [0.25, 0.3) is 0 Å². The zero-order chi connectivity index (χ0) is 39.3. The summed E-state index contributed by atoms with van der Waals surface area (Å²) in [5.41, 5.74) is 0. The molecule has 14 heteroatoms. The van der Waals surface area contributed by atoms with Gasteiger partial charge in [0.15, 0.2) is 6.10 Å². The first-order valence-electron chi connectivity index (χ1n) is 19.1. The average Bonchev–Trinajstić information content (AvgIpc) is 3.13. The number of esters is 2. The van der Waals surface area contributed by atoms with Crippen LogP contribution in [0.2, 0.25) is 0 Å². The second-order valence-electron chi connectivity index (χ2n) is 13.1. The molecule has 0 amide bonds. The maximum Gasteiger partial charge on any atom is 0.472 e. The molecule has 1 aliphatic carbocycles. The Morgan fingerprint density at radius 1 is 0.604 bits per heavy atom. The first kappa shape index (κ1) is 48.6. The van der Waals surface area contributed by atoms with E-state index in [9.17, 15) is 44.6 Å². The van der Waals surface area contributed by atoms with E-state index in [0.29, 0.717) is 12.8 Å². The van der Waals surface area contributed by atoms with Gasteiger partial charge in [-0.3, -0.25) is 18.6 Å². The maximum atomic E-state index is 12.7. The van der Waals surface area contributed by atoms with Crippen LogP contribution in [0.15, 0.2) is 60.8 Å². The zero-order valence-electron chi connectivity index (χ0n) is 31.5. The lowest BCUT2D eigenvalue weighted by atomic mass is 9.85. The lowest BCUT2D eigenvalue weighted by molar-refractivity contribution is -0.220. The molecule has 0 aromatic heterocycles. The summed E-state index contributed by atoms with van der Waals surface area (Å²) < 4.78 is 33.2. The van der Waals surface area contributed by atoms with Crippen LogP contribution in [0.3, 0.4) is 0 Å². The molecular weight excluding hydrogens is 707 g/mol. The van der Waals surface area contributed by atoms with E-state index in [1.165, 1.54) is 12.8 Å². The van der Waals surface area contributed by atoms with Gasteiger partial charge in [-0.2, -0.15) is 0 Å². The van der Waals surface area contributed by atoms with Crippen molar-refractivity contribution in [2.24, 2.45) is 0 Å². The van der Waals surface area contributed by atoms with Crippen LogP contribution in [0.1, 0.15) is 117 Å². The molecule has 0 bridgehead atoms. The summed E-state index contributed by atoms with van der Waals surface area (Å²) in [6.45, 7) is 3.02. The Morgan fingerprint density at radius 3 is 1.72 bits per heavy atom. The van der Waals surface area contributed by atoms with Crippen molar-refractivity contribution in [1.82, 2.24) is 0 Å². The minimum absolute atomic E-state index is 0.0461. The van der Waals surface area contributed by atoms with Gasteiger partial charge in [0.1, 0.15) is 43.2 Å². The number of unbranched alkanes of at least 4 members (excludes halogenated alkanes) is 10. The molecule has 7 unspecified atom stereocenters. The molecule has 1 rings (SSSR count). The van der Waals surface area contributed by atoms with Gasteiger partial charge in [-0.15, -0.1) is 0 Å². The summed E-state index contributed by atoms with van der Waals surface area (Å²) in [7, 11) is -5.12. The topological polar surface area (TPSA) is 210 Å². The molecule has 6 N–H and O–H groups in total. The average molecular weight is 773 g/mol. The molecule has 1 saturated carbocycles. The normalized spacial score (nSPS) is 24.2. The minimum Gasteiger partial charge on any atom is -0.462 e. The van der Waals surface area contributed by atoms with E-state index >= 15 is 0 Å². The molecule has 304 valence electrons. The Kier molecular flexibility index (Phi) is 27.4. The van der Waals surface area contributed by atoms with E-state index in [-0.39, 0.29) is 12.8 Å². The summed E-state index contributed by atoms with van der Waals surface area (Å²) in [4.78, 5) is 35.4. The van der Waals surface area contributed by atoms with Crippen molar-refractivity contribution in [3.63, 3.8) is 0 Å². The van der Waals surface area contributed by atoms with E-state index in [1.54, 1.807) is 0 Å². The quantitative estimate of drug-likeness (QED) is 0.0174. The van der Waals surface area contributed by atoms with Gasteiger partial charge < -0.3 is 39.9 Å². The number of carbonyl (C=O) groups is 2. The van der Waals surface area contributed by atoms with Gasteiger partial charge >= 0.3 is 19.8 Å². The van der Waals surface area contributed by atoms with Crippen molar-refractivity contribution < 1.29 is 63.1 Å². The highest BCUT2D eigenvalue weighted by atomic mass is 31.2. The number of phosphoric acid groups is 1. The Labute approximate surface area is 315 Å². The fraction of sp³-hybridized carbons (Fsp3) is 0.692. The summed E-state index contributed by atoms with van der Waals surface area (Å²) in [6.07, 6.45) is 20.2. The molecule has 0 aromatic rings. The van der Waals surface area contributed by atoms with Gasteiger partial charge in [0.25, 0.3) is 0 Å². The van der Waals surface area contributed by atoms with Crippen molar-refractivity contribution in [3.8, 4) is 0 Å². The highest BCUT2D eigenvalue weighted by Gasteiger charge is 2.51. The number of rotatable bonds is 29. The summed E-state index contributed by atoms with van der Waals surface area (Å²) in [5, 5.41) is 49.9. The van der Waals surface area contributed by atoms with Gasteiger partial charge in [0.2, 0.25) is 0 Å². The predicted molar refractivity (Wildman–Crippen MR) is 202 cm³/mol. The van der Waals surface area contributed by atoms with Crippen molar-refractivity contribution in [2.75, 3.05) is 13.2 Å². The molecule has 0 spiro atoms. The lowest BCUT2D eigenvalue weighted by Gasteiger charge is -2.41.